The summed E-state index contributed by atoms with van der Waals surface area (Å²) in [5, 5.41) is 3.71. The minimum Gasteiger partial charge on any atom is -0.458 e. The van der Waals surface area contributed by atoms with Crippen LogP contribution in [0.5, 0.6) is 0 Å². The number of amides is 1. The fourth-order valence-corrected chi connectivity index (χ4v) is 2.85. The van der Waals surface area contributed by atoms with Gasteiger partial charge in [-0.3, -0.25) is 4.79 Å². The van der Waals surface area contributed by atoms with Crippen LogP contribution < -0.4 is 5.32 Å². The SMILES string of the molecule is O=C(c1occc1Cl)N1CCC2CNCC21. The highest BCUT2D eigenvalue weighted by molar-refractivity contribution is 6.33. The molecule has 3 rings (SSSR count). The topological polar surface area (TPSA) is 45.5 Å². The Balaban J connectivity index is 1.83. The molecule has 5 heteroatoms. The Morgan fingerprint density at radius 1 is 1.56 bits per heavy atom. The summed E-state index contributed by atoms with van der Waals surface area (Å²) in [4.78, 5) is 14.1. The third-order valence-corrected chi connectivity index (χ3v) is 3.82. The van der Waals surface area contributed by atoms with Crippen LogP contribution in [0, 0.1) is 5.92 Å². The Labute approximate surface area is 98.5 Å². The second-order valence-corrected chi connectivity index (χ2v) is 4.78. The molecule has 1 aromatic heterocycles. The molecule has 1 N–H and O–H groups in total. The molecule has 2 aliphatic rings. The highest BCUT2D eigenvalue weighted by Gasteiger charge is 2.41. The van der Waals surface area contributed by atoms with Gasteiger partial charge in [-0.05, 0) is 18.4 Å². The minimum absolute atomic E-state index is 0.0776. The summed E-state index contributed by atoms with van der Waals surface area (Å²) in [5.41, 5.74) is 0. The van der Waals surface area contributed by atoms with Crippen LogP contribution in [0.3, 0.4) is 0 Å². The van der Waals surface area contributed by atoms with Crippen LogP contribution in [0.2, 0.25) is 5.02 Å². The Hall–Kier alpha value is -1.00. The summed E-state index contributed by atoms with van der Waals surface area (Å²) in [6.07, 6.45) is 2.53. The summed E-state index contributed by atoms with van der Waals surface area (Å²) in [6, 6.07) is 1.92. The molecule has 2 atom stereocenters. The predicted molar refractivity (Wildman–Crippen MR) is 59.5 cm³/mol. The van der Waals surface area contributed by atoms with E-state index in [1.165, 1.54) is 6.26 Å². The lowest BCUT2D eigenvalue weighted by Gasteiger charge is -2.22. The number of nitrogens with one attached hydrogen (secondary N) is 1. The fraction of sp³-hybridized carbons (Fsp3) is 0.545. The molecule has 0 aliphatic carbocycles. The number of hydrogen-bond acceptors (Lipinski definition) is 3. The average Bonchev–Trinajstić information content (AvgIpc) is 2.90. The number of likely N-dealkylation sites (tertiary alicyclic amines) is 1. The van der Waals surface area contributed by atoms with Crippen molar-refractivity contribution in [1.29, 1.82) is 0 Å². The zero-order chi connectivity index (χ0) is 11.1. The molecule has 2 fully saturated rings. The number of halogens is 1. The Morgan fingerprint density at radius 3 is 3.19 bits per heavy atom. The first-order valence-corrected chi connectivity index (χ1v) is 5.90. The molecule has 16 heavy (non-hydrogen) atoms. The maximum absolute atomic E-state index is 12.2. The van der Waals surface area contributed by atoms with Gasteiger partial charge in [-0.25, -0.2) is 0 Å². The Kier molecular flexibility index (Phi) is 2.41. The second kappa shape index (κ2) is 3.79. The van der Waals surface area contributed by atoms with E-state index in [4.69, 9.17) is 16.0 Å². The highest BCUT2D eigenvalue weighted by atomic mass is 35.5. The molecular formula is C11H13ClN2O2. The molecule has 1 aromatic rings. The molecule has 3 heterocycles. The molecule has 2 aliphatic heterocycles. The van der Waals surface area contributed by atoms with Crippen LogP contribution in [0.25, 0.3) is 0 Å². The largest absolute Gasteiger partial charge is 0.458 e. The standard InChI is InChI=1S/C11H13ClN2O2/c12-8-2-4-16-10(8)11(15)14-3-1-7-5-13-6-9(7)14/h2,4,7,9,13H,1,3,5-6H2. The number of furan rings is 1. The van der Waals surface area contributed by atoms with Crippen molar-refractivity contribution in [2.75, 3.05) is 19.6 Å². The molecule has 0 bridgehead atoms. The normalized spacial score (nSPS) is 28.4. The lowest BCUT2D eigenvalue weighted by atomic mass is 10.1. The summed E-state index contributed by atoms with van der Waals surface area (Å²) in [5.74, 6) is 0.790. The van der Waals surface area contributed by atoms with Gasteiger partial charge in [-0.1, -0.05) is 11.6 Å². The van der Waals surface area contributed by atoms with Gasteiger partial charge in [0.25, 0.3) is 5.91 Å². The van der Waals surface area contributed by atoms with Crippen LogP contribution >= 0.6 is 11.6 Å². The number of rotatable bonds is 1. The van der Waals surface area contributed by atoms with Crippen LogP contribution in [0.15, 0.2) is 16.7 Å². The van der Waals surface area contributed by atoms with E-state index < -0.39 is 0 Å². The molecule has 0 aromatic carbocycles. The Morgan fingerprint density at radius 2 is 2.44 bits per heavy atom. The van der Waals surface area contributed by atoms with Crippen molar-refractivity contribution < 1.29 is 9.21 Å². The minimum atomic E-state index is -0.0776. The molecule has 0 spiro atoms. The molecule has 86 valence electrons. The van der Waals surface area contributed by atoms with Gasteiger partial charge in [0, 0.05) is 25.7 Å². The summed E-state index contributed by atoms with van der Waals surface area (Å²) >= 11 is 5.90. The van der Waals surface area contributed by atoms with Crippen molar-refractivity contribution in [3.8, 4) is 0 Å². The van der Waals surface area contributed by atoms with Gasteiger partial charge in [0.05, 0.1) is 11.3 Å². The lowest BCUT2D eigenvalue weighted by molar-refractivity contribution is 0.0705. The number of carbonyl (C=O) groups excluding carboxylic acids is 1. The van der Waals surface area contributed by atoms with Crippen LogP contribution in [-0.4, -0.2) is 36.5 Å². The summed E-state index contributed by atoms with van der Waals surface area (Å²) in [6.45, 7) is 2.71. The van der Waals surface area contributed by atoms with Gasteiger partial charge in [0.15, 0.2) is 0 Å². The van der Waals surface area contributed by atoms with Crippen molar-refractivity contribution >= 4 is 17.5 Å². The van der Waals surface area contributed by atoms with Gasteiger partial charge in [-0.2, -0.15) is 0 Å². The fourth-order valence-electron chi connectivity index (χ4n) is 2.68. The van der Waals surface area contributed by atoms with Gasteiger partial charge in [-0.15, -0.1) is 0 Å². The molecule has 4 nitrogen and oxygen atoms in total. The quantitative estimate of drug-likeness (QED) is 0.807. The molecule has 2 unspecified atom stereocenters. The zero-order valence-electron chi connectivity index (χ0n) is 8.78. The number of fused-ring (bicyclic) bond motifs is 1. The van der Waals surface area contributed by atoms with Crippen molar-refractivity contribution in [3.63, 3.8) is 0 Å². The maximum Gasteiger partial charge on any atom is 0.291 e. The average molecular weight is 241 g/mol. The zero-order valence-corrected chi connectivity index (χ0v) is 9.54. The molecule has 1 amide bonds. The molecule has 2 saturated heterocycles. The highest BCUT2D eigenvalue weighted by Crippen LogP contribution is 2.30. The lowest BCUT2D eigenvalue weighted by Crippen LogP contribution is -2.39. The van der Waals surface area contributed by atoms with E-state index in [-0.39, 0.29) is 11.7 Å². The van der Waals surface area contributed by atoms with E-state index in [0.717, 1.165) is 26.1 Å². The van der Waals surface area contributed by atoms with Gasteiger partial charge < -0.3 is 14.6 Å². The number of carbonyl (C=O) groups is 1. The van der Waals surface area contributed by atoms with Gasteiger partial charge in [0.1, 0.15) is 0 Å². The predicted octanol–water partition coefficient (Wildman–Crippen LogP) is 1.37. The van der Waals surface area contributed by atoms with E-state index in [1.54, 1.807) is 6.07 Å². The van der Waals surface area contributed by atoms with E-state index in [9.17, 15) is 4.79 Å². The smallest absolute Gasteiger partial charge is 0.291 e. The number of hydrogen-bond donors (Lipinski definition) is 1. The first-order chi connectivity index (χ1) is 7.77. The van der Waals surface area contributed by atoms with Crippen LogP contribution in [0.1, 0.15) is 17.0 Å². The van der Waals surface area contributed by atoms with Crippen molar-refractivity contribution in [2.45, 2.75) is 12.5 Å². The van der Waals surface area contributed by atoms with Crippen LogP contribution in [0.4, 0.5) is 0 Å². The van der Waals surface area contributed by atoms with Crippen molar-refractivity contribution in [3.05, 3.63) is 23.1 Å². The molecule has 0 radical (unpaired) electrons. The van der Waals surface area contributed by atoms with E-state index in [0.29, 0.717) is 17.0 Å². The molecular weight excluding hydrogens is 228 g/mol. The van der Waals surface area contributed by atoms with Gasteiger partial charge in [0.2, 0.25) is 5.76 Å². The van der Waals surface area contributed by atoms with E-state index >= 15 is 0 Å². The molecule has 0 saturated carbocycles. The monoisotopic (exact) mass is 240 g/mol. The third kappa shape index (κ3) is 1.44. The summed E-state index contributed by atoms with van der Waals surface area (Å²) in [7, 11) is 0. The van der Waals surface area contributed by atoms with Gasteiger partial charge >= 0.3 is 0 Å². The van der Waals surface area contributed by atoms with E-state index in [1.807, 2.05) is 4.90 Å². The first-order valence-electron chi connectivity index (χ1n) is 5.52. The van der Waals surface area contributed by atoms with Crippen molar-refractivity contribution in [2.24, 2.45) is 5.92 Å². The summed E-state index contributed by atoms with van der Waals surface area (Å²) < 4.78 is 5.14. The second-order valence-electron chi connectivity index (χ2n) is 4.37. The number of nitrogens with zero attached hydrogens (tertiary/aromatic N) is 1. The maximum atomic E-state index is 12.2. The third-order valence-electron chi connectivity index (χ3n) is 3.52. The first kappa shape index (κ1) is 10.2. The van der Waals surface area contributed by atoms with E-state index in [2.05, 4.69) is 5.32 Å². The van der Waals surface area contributed by atoms with Crippen LogP contribution in [-0.2, 0) is 0 Å². The van der Waals surface area contributed by atoms with Crippen molar-refractivity contribution in [1.82, 2.24) is 10.2 Å². The Bertz CT molecular complexity index is 418.